The van der Waals surface area contributed by atoms with E-state index in [-0.39, 0.29) is 17.7 Å². The van der Waals surface area contributed by atoms with Crippen LogP contribution in [-0.4, -0.2) is 43.0 Å². The van der Waals surface area contributed by atoms with Crippen molar-refractivity contribution in [3.8, 4) is 0 Å². The van der Waals surface area contributed by atoms with Crippen molar-refractivity contribution in [2.24, 2.45) is 0 Å². The van der Waals surface area contributed by atoms with Crippen LogP contribution >= 0.6 is 22.9 Å². The number of nitrogens with zero attached hydrogens (tertiary/aromatic N) is 3. The van der Waals surface area contributed by atoms with E-state index in [2.05, 4.69) is 4.98 Å². The number of carbonyl (C=O) groups is 1. The SMILES string of the molecule is Cc1c(Cl)ccc2sc(N(CCCN(C)C)C(=O)c3cc(C(F)(F)F)cc(C(F)(F)F)c3)nc12. The molecule has 0 aliphatic heterocycles. The van der Waals surface area contributed by atoms with Gasteiger partial charge in [-0.2, -0.15) is 26.3 Å². The maximum atomic E-state index is 13.3. The molecule has 1 amide bonds. The summed E-state index contributed by atoms with van der Waals surface area (Å²) < 4.78 is 80.6. The number of benzene rings is 2. The molecule has 2 aromatic carbocycles. The Kier molecular flexibility index (Phi) is 7.49. The number of carbonyl (C=O) groups excluding carboxylic acids is 1. The molecule has 0 unspecified atom stereocenters. The Morgan fingerprint density at radius 2 is 1.59 bits per heavy atom. The number of amides is 1. The number of thiazole rings is 1. The molecule has 34 heavy (non-hydrogen) atoms. The zero-order valence-electron chi connectivity index (χ0n) is 18.3. The van der Waals surface area contributed by atoms with Gasteiger partial charge in [0.1, 0.15) is 0 Å². The highest BCUT2D eigenvalue weighted by Crippen LogP contribution is 2.38. The second kappa shape index (κ2) is 9.71. The van der Waals surface area contributed by atoms with Crippen LogP contribution in [0.5, 0.6) is 0 Å². The van der Waals surface area contributed by atoms with Crippen molar-refractivity contribution in [3.63, 3.8) is 0 Å². The van der Waals surface area contributed by atoms with Crippen LogP contribution in [0.3, 0.4) is 0 Å². The van der Waals surface area contributed by atoms with Crippen molar-refractivity contribution in [1.82, 2.24) is 9.88 Å². The summed E-state index contributed by atoms with van der Waals surface area (Å²) in [6, 6.07) is 4.22. The first-order chi connectivity index (χ1) is 15.7. The largest absolute Gasteiger partial charge is 0.416 e. The van der Waals surface area contributed by atoms with Crippen LogP contribution in [0.4, 0.5) is 31.5 Å². The molecule has 0 N–H and O–H groups in total. The average molecular weight is 524 g/mol. The van der Waals surface area contributed by atoms with E-state index >= 15 is 0 Å². The third-order valence-corrected chi connectivity index (χ3v) is 6.49. The van der Waals surface area contributed by atoms with Gasteiger partial charge in [0.15, 0.2) is 5.13 Å². The molecule has 0 spiro atoms. The van der Waals surface area contributed by atoms with E-state index in [4.69, 9.17) is 11.6 Å². The number of halogens is 7. The van der Waals surface area contributed by atoms with Crippen molar-refractivity contribution in [2.45, 2.75) is 25.7 Å². The maximum Gasteiger partial charge on any atom is 0.416 e. The molecule has 0 saturated heterocycles. The van der Waals surface area contributed by atoms with Crippen molar-refractivity contribution in [2.75, 3.05) is 32.1 Å². The van der Waals surface area contributed by atoms with Crippen molar-refractivity contribution in [3.05, 3.63) is 57.6 Å². The lowest BCUT2D eigenvalue weighted by molar-refractivity contribution is -0.143. The Labute approximate surface area is 200 Å². The normalized spacial score (nSPS) is 12.6. The molecule has 12 heteroatoms. The first-order valence-corrected chi connectivity index (χ1v) is 11.2. The van der Waals surface area contributed by atoms with Gasteiger partial charge in [-0.3, -0.25) is 9.69 Å². The Bertz CT molecular complexity index is 1170. The average Bonchev–Trinajstić information content (AvgIpc) is 3.16. The summed E-state index contributed by atoms with van der Waals surface area (Å²) in [5, 5.41) is 0.609. The van der Waals surface area contributed by atoms with E-state index in [0.717, 1.165) is 16.2 Å². The molecule has 0 aliphatic carbocycles. The predicted octanol–water partition coefficient (Wildman–Crippen LogP) is 6.89. The van der Waals surface area contributed by atoms with Gasteiger partial charge < -0.3 is 4.90 Å². The molecule has 0 radical (unpaired) electrons. The summed E-state index contributed by atoms with van der Waals surface area (Å²) in [5.41, 5.74) is -2.66. The summed E-state index contributed by atoms with van der Waals surface area (Å²) in [7, 11) is 3.61. The Balaban J connectivity index is 2.11. The molecule has 1 aromatic heterocycles. The van der Waals surface area contributed by atoms with Gasteiger partial charge >= 0.3 is 12.4 Å². The Morgan fingerprint density at radius 3 is 2.12 bits per heavy atom. The summed E-state index contributed by atoms with van der Waals surface area (Å²) in [6.45, 7) is 2.31. The molecule has 1 heterocycles. The van der Waals surface area contributed by atoms with Crippen molar-refractivity contribution < 1.29 is 31.1 Å². The topological polar surface area (TPSA) is 36.4 Å². The number of rotatable bonds is 6. The van der Waals surface area contributed by atoms with Gasteiger partial charge in [0.2, 0.25) is 0 Å². The lowest BCUT2D eigenvalue weighted by atomic mass is 10.0. The number of anilines is 1. The standard InChI is InChI=1S/C22H20ClF6N3OS/c1-12-16(23)5-6-17-18(12)30-20(34-17)32(8-4-7-31(2)3)19(33)13-9-14(21(24,25)26)11-15(10-13)22(27,28)29/h5-6,9-11H,4,7-8H2,1-3H3. The number of hydrogen-bond acceptors (Lipinski definition) is 4. The first kappa shape index (κ1) is 26.2. The minimum atomic E-state index is -5.06. The van der Waals surface area contributed by atoms with Crippen LogP contribution in [0.2, 0.25) is 5.02 Å². The zero-order valence-corrected chi connectivity index (χ0v) is 19.9. The third-order valence-electron chi connectivity index (χ3n) is 5.03. The highest BCUT2D eigenvalue weighted by molar-refractivity contribution is 7.22. The van der Waals surface area contributed by atoms with Gasteiger partial charge in [-0.15, -0.1) is 0 Å². The van der Waals surface area contributed by atoms with Gasteiger partial charge in [-0.25, -0.2) is 4.98 Å². The van der Waals surface area contributed by atoms with Crippen LogP contribution in [0.1, 0.15) is 33.5 Å². The van der Waals surface area contributed by atoms with Crippen LogP contribution in [-0.2, 0) is 12.4 Å². The first-order valence-electron chi connectivity index (χ1n) is 10.00. The fraction of sp³-hybridized carbons (Fsp3) is 0.364. The quantitative estimate of drug-likeness (QED) is 0.330. The van der Waals surface area contributed by atoms with E-state index in [0.29, 0.717) is 45.9 Å². The fourth-order valence-electron chi connectivity index (χ4n) is 3.27. The molecule has 0 atom stereocenters. The number of hydrogen-bond donors (Lipinski definition) is 0. The number of fused-ring (bicyclic) bond motifs is 1. The summed E-state index contributed by atoms with van der Waals surface area (Å²) in [4.78, 5) is 20.7. The third kappa shape index (κ3) is 5.81. The van der Waals surface area contributed by atoms with E-state index in [1.807, 2.05) is 4.90 Å². The van der Waals surface area contributed by atoms with Crippen molar-refractivity contribution in [1.29, 1.82) is 0 Å². The smallest absolute Gasteiger partial charge is 0.309 e. The summed E-state index contributed by atoms with van der Waals surface area (Å²) in [6.07, 6.45) is -9.70. The lowest BCUT2D eigenvalue weighted by Gasteiger charge is -2.22. The van der Waals surface area contributed by atoms with Crippen LogP contribution in [0, 0.1) is 6.92 Å². The van der Waals surface area contributed by atoms with Gasteiger partial charge in [0, 0.05) is 17.1 Å². The molecule has 3 rings (SSSR count). The number of alkyl halides is 6. The molecular weight excluding hydrogens is 504 g/mol. The van der Waals surface area contributed by atoms with E-state index in [1.165, 1.54) is 0 Å². The molecule has 0 aliphatic rings. The summed E-state index contributed by atoms with van der Waals surface area (Å²) in [5.74, 6) is -1.00. The van der Waals surface area contributed by atoms with Gasteiger partial charge in [0.25, 0.3) is 5.91 Å². The monoisotopic (exact) mass is 523 g/mol. The van der Waals surface area contributed by atoms with Crippen LogP contribution in [0.15, 0.2) is 30.3 Å². The molecule has 184 valence electrons. The molecule has 0 saturated carbocycles. The van der Waals surface area contributed by atoms with Crippen LogP contribution < -0.4 is 4.90 Å². The molecular formula is C22H20ClF6N3OS. The fourth-order valence-corrected chi connectivity index (χ4v) is 4.47. The number of aromatic nitrogens is 1. The zero-order chi connectivity index (χ0) is 25.4. The second-order valence-electron chi connectivity index (χ2n) is 7.92. The van der Waals surface area contributed by atoms with Crippen molar-refractivity contribution >= 4 is 44.2 Å². The second-order valence-corrected chi connectivity index (χ2v) is 9.34. The highest BCUT2D eigenvalue weighted by atomic mass is 35.5. The highest BCUT2D eigenvalue weighted by Gasteiger charge is 2.38. The van der Waals surface area contributed by atoms with Gasteiger partial charge in [-0.05, 0) is 69.9 Å². The molecule has 4 nitrogen and oxygen atoms in total. The maximum absolute atomic E-state index is 13.3. The molecule has 0 fully saturated rings. The Hall–Kier alpha value is -2.37. The van der Waals surface area contributed by atoms with Gasteiger partial charge in [-0.1, -0.05) is 22.9 Å². The molecule has 3 aromatic rings. The lowest BCUT2D eigenvalue weighted by Crippen LogP contribution is -2.34. The van der Waals surface area contributed by atoms with Crippen LogP contribution in [0.25, 0.3) is 10.2 Å². The van der Waals surface area contributed by atoms with E-state index in [9.17, 15) is 31.1 Å². The van der Waals surface area contributed by atoms with E-state index in [1.54, 1.807) is 33.2 Å². The van der Waals surface area contributed by atoms with Gasteiger partial charge in [0.05, 0.1) is 21.3 Å². The minimum Gasteiger partial charge on any atom is -0.309 e. The van der Waals surface area contributed by atoms with E-state index < -0.39 is 35.0 Å². The Morgan fingerprint density at radius 1 is 1.00 bits per heavy atom. The molecule has 0 bridgehead atoms. The minimum absolute atomic E-state index is 0.00376. The number of aryl methyl sites for hydroxylation is 1. The summed E-state index contributed by atoms with van der Waals surface area (Å²) >= 11 is 7.25. The predicted molar refractivity (Wildman–Crippen MR) is 121 cm³/mol.